The summed E-state index contributed by atoms with van der Waals surface area (Å²) in [5, 5.41) is 0. The highest BCUT2D eigenvalue weighted by Gasteiger charge is 1.94. The monoisotopic (exact) mass is 313 g/mol. The molecule has 0 aliphatic rings. The van der Waals surface area contributed by atoms with Crippen molar-refractivity contribution in [2.45, 2.75) is 0 Å². The molecule has 0 saturated heterocycles. The second-order valence-corrected chi connectivity index (χ2v) is 5.49. The minimum absolute atomic E-state index is 0.754. The zero-order valence-corrected chi connectivity index (χ0v) is 13.3. The minimum atomic E-state index is 0.754. The van der Waals surface area contributed by atoms with E-state index in [0.717, 1.165) is 33.9 Å². The molecule has 1 heterocycles. The van der Waals surface area contributed by atoms with Crippen LogP contribution in [0.2, 0.25) is 0 Å². The van der Waals surface area contributed by atoms with Gasteiger partial charge in [0.15, 0.2) is 0 Å². The van der Waals surface area contributed by atoms with E-state index in [2.05, 4.69) is 4.98 Å². The van der Waals surface area contributed by atoms with Crippen molar-refractivity contribution in [1.29, 1.82) is 0 Å². The summed E-state index contributed by atoms with van der Waals surface area (Å²) < 4.78 is 0. The first-order valence-electron chi connectivity index (χ1n) is 7.73. The second kappa shape index (κ2) is 7.29. The third-order valence-electron chi connectivity index (χ3n) is 3.51. The molecular weight excluding hydrogens is 294 g/mol. The Morgan fingerprint density at radius 2 is 1.04 bits per heavy atom. The van der Waals surface area contributed by atoms with Crippen LogP contribution in [0.3, 0.4) is 0 Å². The summed E-state index contributed by atoms with van der Waals surface area (Å²) in [6, 6.07) is 21.4. The molecule has 0 aliphatic carbocycles. The van der Waals surface area contributed by atoms with Gasteiger partial charge in [-0.2, -0.15) is 0 Å². The van der Waals surface area contributed by atoms with Crippen molar-refractivity contribution in [3.63, 3.8) is 0 Å². The number of pyridine rings is 1. The standard InChI is InChI=1S/C21H19N3/c22-18-6-1-4-16(14-18)10-12-20-8-3-9-21(24-20)13-11-17-5-2-7-19(23)15-17/h1-15H,22-23H2/b12-10+,13-11+. The lowest BCUT2D eigenvalue weighted by Gasteiger charge is -1.99. The predicted molar refractivity (Wildman–Crippen MR) is 104 cm³/mol. The number of hydrogen-bond acceptors (Lipinski definition) is 3. The molecule has 0 bridgehead atoms. The van der Waals surface area contributed by atoms with Crippen LogP contribution in [0, 0.1) is 0 Å². The summed E-state index contributed by atoms with van der Waals surface area (Å²) in [6.07, 6.45) is 7.97. The normalized spacial score (nSPS) is 11.3. The number of hydrogen-bond donors (Lipinski definition) is 2. The molecule has 0 radical (unpaired) electrons. The molecule has 24 heavy (non-hydrogen) atoms. The number of aromatic nitrogens is 1. The molecule has 3 heteroatoms. The SMILES string of the molecule is Nc1cccc(/C=C/c2cccc(/C=C/c3cccc(N)c3)n2)c1. The Balaban J connectivity index is 1.76. The van der Waals surface area contributed by atoms with Crippen LogP contribution in [-0.2, 0) is 0 Å². The van der Waals surface area contributed by atoms with E-state index in [9.17, 15) is 0 Å². The van der Waals surface area contributed by atoms with E-state index in [1.807, 2.05) is 91.0 Å². The summed E-state index contributed by atoms with van der Waals surface area (Å²) in [4.78, 5) is 4.61. The van der Waals surface area contributed by atoms with Crippen molar-refractivity contribution in [2.24, 2.45) is 0 Å². The number of nitrogens with zero attached hydrogens (tertiary/aromatic N) is 1. The maximum atomic E-state index is 5.79. The number of nitrogens with two attached hydrogens (primary N) is 2. The smallest absolute Gasteiger partial charge is 0.0637 e. The van der Waals surface area contributed by atoms with Gasteiger partial charge in [-0.25, -0.2) is 4.98 Å². The maximum Gasteiger partial charge on any atom is 0.0637 e. The quantitative estimate of drug-likeness (QED) is 0.693. The zero-order valence-electron chi connectivity index (χ0n) is 13.3. The minimum Gasteiger partial charge on any atom is -0.399 e. The Hall–Kier alpha value is -3.33. The van der Waals surface area contributed by atoms with Crippen LogP contribution in [0.15, 0.2) is 66.7 Å². The lowest BCUT2D eigenvalue weighted by Crippen LogP contribution is -1.86. The van der Waals surface area contributed by atoms with Crippen LogP contribution in [0.25, 0.3) is 24.3 Å². The molecule has 118 valence electrons. The molecule has 3 rings (SSSR count). The van der Waals surface area contributed by atoms with Crippen molar-refractivity contribution >= 4 is 35.7 Å². The van der Waals surface area contributed by atoms with E-state index in [1.54, 1.807) is 0 Å². The Morgan fingerprint density at radius 1 is 0.583 bits per heavy atom. The summed E-state index contributed by atoms with van der Waals surface area (Å²) >= 11 is 0. The van der Waals surface area contributed by atoms with E-state index in [1.165, 1.54) is 0 Å². The van der Waals surface area contributed by atoms with Gasteiger partial charge in [-0.1, -0.05) is 42.5 Å². The zero-order chi connectivity index (χ0) is 16.8. The Kier molecular flexibility index (Phi) is 4.73. The Morgan fingerprint density at radius 3 is 1.50 bits per heavy atom. The summed E-state index contributed by atoms with van der Waals surface area (Å²) in [7, 11) is 0. The van der Waals surface area contributed by atoms with Crippen LogP contribution >= 0.6 is 0 Å². The van der Waals surface area contributed by atoms with Gasteiger partial charge in [-0.15, -0.1) is 0 Å². The molecule has 4 N–H and O–H groups in total. The average Bonchev–Trinajstić information content (AvgIpc) is 2.59. The largest absolute Gasteiger partial charge is 0.399 e. The van der Waals surface area contributed by atoms with Crippen molar-refractivity contribution in [1.82, 2.24) is 4.98 Å². The fraction of sp³-hybridized carbons (Fsp3) is 0. The van der Waals surface area contributed by atoms with E-state index >= 15 is 0 Å². The van der Waals surface area contributed by atoms with Gasteiger partial charge in [0.05, 0.1) is 11.4 Å². The van der Waals surface area contributed by atoms with Crippen LogP contribution in [0.1, 0.15) is 22.5 Å². The molecule has 0 saturated carbocycles. The average molecular weight is 313 g/mol. The van der Waals surface area contributed by atoms with Gasteiger partial charge >= 0.3 is 0 Å². The van der Waals surface area contributed by atoms with E-state index in [4.69, 9.17) is 11.5 Å². The first-order valence-corrected chi connectivity index (χ1v) is 7.73. The van der Waals surface area contributed by atoms with Gasteiger partial charge in [0.25, 0.3) is 0 Å². The molecule has 0 amide bonds. The van der Waals surface area contributed by atoms with E-state index < -0.39 is 0 Å². The fourth-order valence-corrected chi connectivity index (χ4v) is 2.34. The number of nitrogen functional groups attached to an aromatic ring is 2. The van der Waals surface area contributed by atoms with Gasteiger partial charge in [-0.3, -0.25) is 0 Å². The lowest BCUT2D eigenvalue weighted by atomic mass is 10.1. The first-order chi connectivity index (χ1) is 11.7. The molecule has 0 spiro atoms. The van der Waals surface area contributed by atoms with Crippen LogP contribution < -0.4 is 11.5 Å². The van der Waals surface area contributed by atoms with Gasteiger partial charge in [-0.05, 0) is 59.7 Å². The first kappa shape index (κ1) is 15.6. The van der Waals surface area contributed by atoms with Gasteiger partial charge in [0.2, 0.25) is 0 Å². The van der Waals surface area contributed by atoms with Crippen LogP contribution in [0.4, 0.5) is 11.4 Å². The molecule has 0 fully saturated rings. The highest BCUT2D eigenvalue weighted by Crippen LogP contribution is 2.13. The van der Waals surface area contributed by atoms with Crippen molar-refractivity contribution in [3.05, 3.63) is 89.2 Å². The molecule has 2 aromatic carbocycles. The van der Waals surface area contributed by atoms with E-state index in [0.29, 0.717) is 0 Å². The highest BCUT2D eigenvalue weighted by atomic mass is 14.7. The van der Waals surface area contributed by atoms with Gasteiger partial charge in [0.1, 0.15) is 0 Å². The Labute approximate surface area is 142 Å². The molecule has 0 atom stereocenters. The molecule has 0 unspecified atom stereocenters. The third kappa shape index (κ3) is 4.34. The van der Waals surface area contributed by atoms with Crippen molar-refractivity contribution < 1.29 is 0 Å². The van der Waals surface area contributed by atoms with Gasteiger partial charge in [0, 0.05) is 11.4 Å². The Bertz CT molecular complexity index is 824. The fourth-order valence-electron chi connectivity index (χ4n) is 2.34. The second-order valence-electron chi connectivity index (χ2n) is 5.49. The predicted octanol–water partition coefficient (Wildman–Crippen LogP) is 4.59. The highest BCUT2D eigenvalue weighted by molar-refractivity contribution is 5.72. The molecular formula is C21H19N3. The van der Waals surface area contributed by atoms with Crippen molar-refractivity contribution in [2.75, 3.05) is 11.5 Å². The van der Waals surface area contributed by atoms with Gasteiger partial charge < -0.3 is 11.5 Å². The summed E-state index contributed by atoms with van der Waals surface area (Å²) in [5.74, 6) is 0. The molecule has 0 aliphatic heterocycles. The summed E-state index contributed by atoms with van der Waals surface area (Å²) in [5.41, 5.74) is 17.0. The topological polar surface area (TPSA) is 64.9 Å². The molecule has 3 aromatic rings. The number of anilines is 2. The van der Waals surface area contributed by atoms with Crippen molar-refractivity contribution in [3.8, 4) is 0 Å². The third-order valence-corrected chi connectivity index (χ3v) is 3.51. The number of benzene rings is 2. The molecule has 1 aromatic heterocycles. The number of rotatable bonds is 4. The maximum absolute atomic E-state index is 5.79. The molecule has 3 nitrogen and oxygen atoms in total. The van der Waals surface area contributed by atoms with E-state index in [-0.39, 0.29) is 0 Å². The summed E-state index contributed by atoms with van der Waals surface area (Å²) in [6.45, 7) is 0. The lowest BCUT2D eigenvalue weighted by molar-refractivity contribution is 1.27. The van der Waals surface area contributed by atoms with Crippen LogP contribution in [-0.4, -0.2) is 4.98 Å². The van der Waals surface area contributed by atoms with Crippen LogP contribution in [0.5, 0.6) is 0 Å².